The van der Waals surface area contributed by atoms with Gasteiger partial charge in [-0.05, 0) is 17.2 Å². The van der Waals surface area contributed by atoms with Crippen LogP contribution in [0.2, 0.25) is 0 Å². The van der Waals surface area contributed by atoms with E-state index in [1.165, 1.54) is 0 Å². The molecule has 1 aliphatic rings. The number of nitrogens with one attached hydrogen (secondary N) is 1. The average Bonchev–Trinajstić information content (AvgIpc) is 2.76. The summed E-state index contributed by atoms with van der Waals surface area (Å²) < 4.78 is 5.40. The molecule has 0 spiro atoms. The molecule has 0 bridgehead atoms. The molecule has 0 saturated carbocycles. The van der Waals surface area contributed by atoms with E-state index in [4.69, 9.17) is 4.74 Å². The van der Waals surface area contributed by atoms with Crippen molar-refractivity contribution in [2.24, 2.45) is 0 Å². The van der Waals surface area contributed by atoms with Gasteiger partial charge in [0.05, 0.1) is 6.54 Å². The fourth-order valence-electron chi connectivity index (χ4n) is 2.41. The number of carbonyl (C=O) groups is 1. The second kappa shape index (κ2) is 6.31. The third-order valence-corrected chi connectivity index (χ3v) is 3.54. The van der Waals surface area contributed by atoms with Crippen LogP contribution in [0.3, 0.4) is 0 Å². The van der Waals surface area contributed by atoms with E-state index in [0.717, 1.165) is 23.4 Å². The maximum atomic E-state index is 12.2. The molecule has 0 fully saturated rings. The van der Waals surface area contributed by atoms with Crippen molar-refractivity contribution in [2.75, 3.05) is 18.4 Å². The van der Waals surface area contributed by atoms with E-state index in [1.807, 2.05) is 54.6 Å². The van der Waals surface area contributed by atoms with Crippen LogP contribution in [0.1, 0.15) is 11.1 Å². The summed E-state index contributed by atoms with van der Waals surface area (Å²) in [4.78, 5) is 13.9. The molecule has 0 unspecified atom stereocenters. The van der Waals surface area contributed by atoms with E-state index < -0.39 is 0 Å². The number of para-hydroxylation sites is 1. The van der Waals surface area contributed by atoms with Gasteiger partial charge in [0.2, 0.25) is 0 Å². The third-order valence-electron chi connectivity index (χ3n) is 3.54. The van der Waals surface area contributed by atoms with Gasteiger partial charge in [-0.2, -0.15) is 0 Å². The van der Waals surface area contributed by atoms with E-state index >= 15 is 0 Å². The predicted octanol–water partition coefficient (Wildman–Crippen LogP) is 3.25. The standard InChI is InChI=1S/C17H18N2O2/c20-17(21-13-14-6-2-1-3-7-14)19-11-10-18-16-9-5-4-8-15(16)12-19/h1-9,18H,10-13H2. The maximum absolute atomic E-state index is 12.2. The van der Waals surface area contributed by atoms with Gasteiger partial charge in [-0.3, -0.25) is 0 Å². The molecule has 4 nitrogen and oxygen atoms in total. The van der Waals surface area contributed by atoms with Crippen LogP contribution in [0.5, 0.6) is 0 Å². The summed E-state index contributed by atoms with van der Waals surface area (Å²) in [6, 6.07) is 17.8. The maximum Gasteiger partial charge on any atom is 0.410 e. The number of fused-ring (bicyclic) bond motifs is 1. The van der Waals surface area contributed by atoms with Crippen LogP contribution in [0, 0.1) is 0 Å². The molecule has 0 radical (unpaired) electrons. The summed E-state index contributed by atoms with van der Waals surface area (Å²) in [6.07, 6.45) is -0.266. The van der Waals surface area contributed by atoms with E-state index in [-0.39, 0.29) is 6.09 Å². The predicted molar refractivity (Wildman–Crippen MR) is 82.0 cm³/mol. The van der Waals surface area contributed by atoms with Crippen molar-refractivity contribution >= 4 is 11.8 Å². The molecular formula is C17H18N2O2. The van der Waals surface area contributed by atoms with Gasteiger partial charge in [-0.1, -0.05) is 48.5 Å². The molecule has 2 aromatic rings. The number of amides is 1. The molecule has 1 N–H and O–H groups in total. The molecule has 0 aliphatic carbocycles. The fraction of sp³-hybridized carbons (Fsp3) is 0.235. The number of rotatable bonds is 2. The van der Waals surface area contributed by atoms with Crippen molar-refractivity contribution in [3.05, 3.63) is 65.7 Å². The highest BCUT2D eigenvalue weighted by atomic mass is 16.6. The lowest BCUT2D eigenvalue weighted by atomic mass is 10.2. The van der Waals surface area contributed by atoms with Crippen LogP contribution in [-0.2, 0) is 17.9 Å². The zero-order chi connectivity index (χ0) is 14.5. The van der Waals surface area contributed by atoms with Crippen LogP contribution in [-0.4, -0.2) is 24.1 Å². The lowest BCUT2D eigenvalue weighted by Crippen LogP contribution is -2.33. The lowest BCUT2D eigenvalue weighted by Gasteiger charge is -2.19. The van der Waals surface area contributed by atoms with Crippen LogP contribution in [0.4, 0.5) is 10.5 Å². The molecule has 3 rings (SSSR count). The Hall–Kier alpha value is -2.49. The molecule has 4 heteroatoms. The van der Waals surface area contributed by atoms with Gasteiger partial charge in [0.1, 0.15) is 6.61 Å². The van der Waals surface area contributed by atoms with Gasteiger partial charge in [0.15, 0.2) is 0 Å². The summed E-state index contributed by atoms with van der Waals surface area (Å²) in [5.74, 6) is 0. The molecule has 108 valence electrons. The number of hydrogen-bond donors (Lipinski definition) is 1. The zero-order valence-corrected chi connectivity index (χ0v) is 11.8. The van der Waals surface area contributed by atoms with Gasteiger partial charge >= 0.3 is 6.09 Å². The molecule has 1 amide bonds. The summed E-state index contributed by atoms with van der Waals surface area (Å²) in [5, 5.41) is 3.33. The van der Waals surface area contributed by atoms with E-state index in [1.54, 1.807) is 4.90 Å². The van der Waals surface area contributed by atoms with Crippen molar-refractivity contribution in [1.29, 1.82) is 0 Å². The van der Waals surface area contributed by atoms with Crippen molar-refractivity contribution < 1.29 is 9.53 Å². The first-order valence-corrected chi connectivity index (χ1v) is 7.10. The minimum Gasteiger partial charge on any atom is -0.445 e. The SMILES string of the molecule is O=C(OCc1ccccc1)N1CCNc2ccccc2C1. The average molecular weight is 282 g/mol. The molecule has 0 aromatic heterocycles. The number of hydrogen-bond acceptors (Lipinski definition) is 3. The van der Waals surface area contributed by atoms with Gasteiger partial charge in [-0.15, -0.1) is 0 Å². The number of anilines is 1. The Morgan fingerprint density at radius 3 is 2.71 bits per heavy atom. The number of carbonyl (C=O) groups excluding carboxylic acids is 1. The fourth-order valence-corrected chi connectivity index (χ4v) is 2.41. The highest BCUT2D eigenvalue weighted by Crippen LogP contribution is 2.20. The minimum absolute atomic E-state index is 0.266. The van der Waals surface area contributed by atoms with Gasteiger partial charge in [0.25, 0.3) is 0 Å². The Kier molecular flexibility index (Phi) is 4.05. The summed E-state index contributed by atoms with van der Waals surface area (Å²) in [7, 11) is 0. The quantitative estimate of drug-likeness (QED) is 0.919. The molecular weight excluding hydrogens is 264 g/mol. The van der Waals surface area contributed by atoms with E-state index in [9.17, 15) is 4.79 Å². The van der Waals surface area contributed by atoms with Crippen LogP contribution < -0.4 is 5.32 Å². The molecule has 0 atom stereocenters. The van der Waals surface area contributed by atoms with E-state index in [0.29, 0.717) is 19.7 Å². The number of benzene rings is 2. The minimum atomic E-state index is -0.266. The number of ether oxygens (including phenoxy) is 1. The topological polar surface area (TPSA) is 41.6 Å². The van der Waals surface area contributed by atoms with Gasteiger partial charge in [-0.25, -0.2) is 4.79 Å². The van der Waals surface area contributed by atoms with Crippen LogP contribution >= 0.6 is 0 Å². The number of nitrogens with zero attached hydrogens (tertiary/aromatic N) is 1. The Morgan fingerprint density at radius 1 is 1.10 bits per heavy atom. The highest BCUT2D eigenvalue weighted by Gasteiger charge is 2.19. The van der Waals surface area contributed by atoms with Crippen molar-refractivity contribution in [2.45, 2.75) is 13.2 Å². The molecule has 21 heavy (non-hydrogen) atoms. The molecule has 1 aliphatic heterocycles. The molecule has 1 heterocycles. The van der Waals surface area contributed by atoms with Gasteiger partial charge < -0.3 is 15.0 Å². The Bertz CT molecular complexity index is 613. The second-order valence-corrected chi connectivity index (χ2v) is 5.05. The van der Waals surface area contributed by atoms with Crippen molar-refractivity contribution in [3.8, 4) is 0 Å². The second-order valence-electron chi connectivity index (χ2n) is 5.05. The normalized spacial score (nSPS) is 13.8. The third kappa shape index (κ3) is 3.34. The van der Waals surface area contributed by atoms with E-state index in [2.05, 4.69) is 5.32 Å². The lowest BCUT2D eigenvalue weighted by molar-refractivity contribution is 0.0957. The Morgan fingerprint density at radius 2 is 1.86 bits per heavy atom. The summed E-state index contributed by atoms with van der Waals surface area (Å²) >= 11 is 0. The van der Waals surface area contributed by atoms with Crippen LogP contribution in [0.25, 0.3) is 0 Å². The molecule has 0 saturated heterocycles. The zero-order valence-electron chi connectivity index (χ0n) is 11.8. The first-order valence-electron chi connectivity index (χ1n) is 7.10. The highest BCUT2D eigenvalue weighted by molar-refractivity contribution is 5.69. The monoisotopic (exact) mass is 282 g/mol. The summed E-state index contributed by atoms with van der Waals surface area (Å²) in [5.41, 5.74) is 3.21. The largest absolute Gasteiger partial charge is 0.445 e. The van der Waals surface area contributed by atoms with Crippen molar-refractivity contribution in [1.82, 2.24) is 4.90 Å². The smallest absolute Gasteiger partial charge is 0.410 e. The van der Waals surface area contributed by atoms with Crippen LogP contribution in [0.15, 0.2) is 54.6 Å². The Balaban J connectivity index is 1.63. The Labute approximate surface area is 124 Å². The first kappa shape index (κ1) is 13.5. The summed E-state index contributed by atoms with van der Waals surface area (Å²) in [6.45, 7) is 2.27. The van der Waals surface area contributed by atoms with Crippen molar-refractivity contribution in [3.63, 3.8) is 0 Å². The first-order chi connectivity index (χ1) is 10.3. The molecule has 2 aromatic carbocycles. The van der Waals surface area contributed by atoms with Gasteiger partial charge in [0, 0.05) is 18.8 Å².